The minimum Gasteiger partial charge on any atom is -0.430 e. The van der Waals surface area contributed by atoms with Gasteiger partial charge in [-0.25, -0.2) is 4.79 Å². The highest BCUT2D eigenvalue weighted by Crippen LogP contribution is 2.63. The lowest BCUT2D eigenvalue weighted by atomic mass is 9.48. The quantitative estimate of drug-likeness (QED) is 0.506. The number of carbonyl (C=O) groups is 3. The molecule has 28 heavy (non-hydrogen) atoms. The van der Waals surface area contributed by atoms with Gasteiger partial charge in [0.25, 0.3) is 0 Å². The fourth-order valence-electron chi connectivity index (χ4n) is 6.55. The fraction of sp³-hybridized carbons (Fsp3) is 0.696. The van der Waals surface area contributed by atoms with Gasteiger partial charge >= 0.3 is 6.16 Å². The molecule has 0 heterocycles. The summed E-state index contributed by atoms with van der Waals surface area (Å²) in [4.78, 5) is 37.5. The molecule has 0 aromatic heterocycles. The normalized spacial score (nSPS) is 42.0. The molecule has 6 atom stereocenters. The summed E-state index contributed by atoms with van der Waals surface area (Å²) in [5.74, 6) is 1.25. The van der Waals surface area contributed by atoms with Crippen molar-refractivity contribution in [2.75, 3.05) is 0 Å². The van der Waals surface area contributed by atoms with Gasteiger partial charge in [-0.15, -0.1) is 0 Å². The number of ketones is 2. The second-order valence-electron chi connectivity index (χ2n) is 9.68. The third-order valence-electron chi connectivity index (χ3n) is 8.13. The van der Waals surface area contributed by atoms with Crippen LogP contribution in [0.5, 0.6) is 0 Å². The second kappa shape index (κ2) is 6.57. The van der Waals surface area contributed by atoms with Crippen LogP contribution < -0.4 is 0 Å². The third kappa shape index (κ3) is 2.85. The minimum atomic E-state index is -0.723. The number of carbonyl (C=O) groups excluding carboxylic acids is 3. The fourth-order valence-corrected chi connectivity index (χ4v) is 6.55. The smallest absolute Gasteiger partial charge is 0.430 e. The number of ether oxygens (including phenoxy) is 2. The Hall–Kier alpha value is -1.91. The largest absolute Gasteiger partial charge is 0.513 e. The maximum Gasteiger partial charge on any atom is 0.513 e. The SMILES string of the molecule is C=C(C)OC(=O)O[C@H]1CC[C@@]2(C)C(=CC(=O)C3C2CC[C@]2(C)C(=O)CCC32)C1. The van der Waals surface area contributed by atoms with Crippen molar-refractivity contribution in [3.63, 3.8) is 0 Å². The standard InChI is InChI=1S/C23H30O5/c1-13(2)27-21(26)28-15-7-9-22(3)14(11-15)12-18(24)20-16-5-6-19(25)23(16,4)10-8-17(20)22/h12,15-17,20H,1,5-11H2,2-4H3/t15-,16?,17?,20?,22-,23-/m0/s1. The van der Waals surface area contributed by atoms with Gasteiger partial charge in [-0.3, -0.25) is 9.59 Å². The average Bonchev–Trinajstić information content (AvgIpc) is 2.91. The number of allylic oxidation sites excluding steroid dienone is 2. The van der Waals surface area contributed by atoms with Gasteiger partial charge < -0.3 is 9.47 Å². The van der Waals surface area contributed by atoms with Crippen LogP contribution in [0.3, 0.4) is 0 Å². The van der Waals surface area contributed by atoms with E-state index in [-0.39, 0.29) is 40.5 Å². The van der Waals surface area contributed by atoms with Crippen molar-refractivity contribution in [3.8, 4) is 0 Å². The molecule has 0 radical (unpaired) electrons. The lowest BCUT2D eigenvalue weighted by molar-refractivity contribution is -0.139. The van der Waals surface area contributed by atoms with E-state index in [1.807, 2.05) is 6.08 Å². The molecule has 0 aliphatic heterocycles. The zero-order valence-corrected chi connectivity index (χ0v) is 17.1. The summed E-state index contributed by atoms with van der Waals surface area (Å²) in [5.41, 5.74) is 0.737. The van der Waals surface area contributed by atoms with Crippen LogP contribution in [0.15, 0.2) is 24.0 Å². The second-order valence-corrected chi connectivity index (χ2v) is 9.68. The van der Waals surface area contributed by atoms with Gasteiger partial charge in [0.05, 0.1) is 0 Å². The minimum absolute atomic E-state index is 0.0372. The molecule has 0 amide bonds. The number of hydrogen-bond acceptors (Lipinski definition) is 5. The Balaban J connectivity index is 1.56. The van der Waals surface area contributed by atoms with E-state index in [2.05, 4.69) is 20.4 Å². The number of fused-ring (bicyclic) bond motifs is 5. The zero-order valence-electron chi connectivity index (χ0n) is 17.1. The Morgan fingerprint density at radius 1 is 1.11 bits per heavy atom. The molecule has 0 bridgehead atoms. The Kier molecular flexibility index (Phi) is 4.55. The van der Waals surface area contributed by atoms with E-state index in [4.69, 9.17) is 9.47 Å². The van der Waals surface area contributed by atoms with Crippen LogP contribution in [-0.2, 0) is 19.1 Å². The van der Waals surface area contributed by atoms with Crippen LogP contribution in [0.1, 0.15) is 65.7 Å². The maximum atomic E-state index is 13.2. The van der Waals surface area contributed by atoms with E-state index < -0.39 is 6.16 Å². The third-order valence-corrected chi connectivity index (χ3v) is 8.13. The monoisotopic (exact) mass is 386 g/mol. The molecule has 152 valence electrons. The van der Waals surface area contributed by atoms with Crippen molar-refractivity contribution < 1.29 is 23.9 Å². The molecule has 3 unspecified atom stereocenters. The van der Waals surface area contributed by atoms with Gasteiger partial charge in [0, 0.05) is 24.2 Å². The summed E-state index contributed by atoms with van der Waals surface area (Å²) >= 11 is 0. The summed E-state index contributed by atoms with van der Waals surface area (Å²) in [6.07, 6.45) is 6.33. The van der Waals surface area contributed by atoms with Crippen LogP contribution in [0.25, 0.3) is 0 Å². The van der Waals surface area contributed by atoms with Gasteiger partial charge in [0.2, 0.25) is 0 Å². The first-order chi connectivity index (χ1) is 13.1. The van der Waals surface area contributed by atoms with Gasteiger partial charge in [0.15, 0.2) is 5.78 Å². The Labute approximate surface area is 166 Å². The van der Waals surface area contributed by atoms with Crippen molar-refractivity contribution in [2.24, 2.45) is 28.6 Å². The average molecular weight is 386 g/mol. The van der Waals surface area contributed by atoms with Crippen molar-refractivity contribution in [1.29, 1.82) is 0 Å². The molecule has 5 nitrogen and oxygen atoms in total. The topological polar surface area (TPSA) is 69.7 Å². The number of Topliss-reactive ketones (excluding diaryl/α,β-unsaturated/α-hetero) is 1. The van der Waals surface area contributed by atoms with Gasteiger partial charge in [-0.2, -0.15) is 0 Å². The molecule has 3 saturated carbocycles. The van der Waals surface area contributed by atoms with E-state index in [1.165, 1.54) is 0 Å². The zero-order chi connectivity index (χ0) is 20.3. The molecule has 3 fully saturated rings. The van der Waals surface area contributed by atoms with Crippen LogP contribution in [0, 0.1) is 28.6 Å². The summed E-state index contributed by atoms with van der Waals surface area (Å²) in [7, 11) is 0. The predicted molar refractivity (Wildman–Crippen MR) is 103 cm³/mol. The van der Waals surface area contributed by atoms with E-state index in [1.54, 1.807) is 6.92 Å². The summed E-state index contributed by atoms with van der Waals surface area (Å²) < 4.78 is 10.4. The Bertz CT molecular complexity index is 780. The van der Waals surface area contributed by atoms with Crippen LogP contribution in [0.4, 0.5) is 4.79 Å². The van der Waals surface area contributed by atoms with E-state index in [0.29, 0.717) is 24.4 Å². The van der Waals surface area contributed by atoms with Gasteiger partial charge in [0.1, 0.15) is 17.6 Å². The van der Waals surface area contributed by atoms with E-state index in [9.17, 15) is 14.4 Å². The molecule has 0 N–H and O–H groups in total. The highest BCUT2D eigenvalue weighted by molar-refractivity contribution is 5.96. The van der Waals surface area contributed by atoms with Crippen molar-refractivity contribution in [3.05, 3.63) is 24.0 Å². The molecule has 0 saturated heterocycles. The Morgan fingerprint density at radius 3 is 2.50 bits per heavy atom. The summed E-state index contributed by atoms with van der Waals surface area (Å²) in [6.45, 7) is 9.51. The van der Waals surface area contributed by atoms with Gasteiger partial charge in [-0.05, 0) is 62.4 Å². The van der Waals surface area contributed by atoms with Crippen LogP contribution in [0.2, 0.25) is 0 Å². The predicted octanol–water partition coefficient (Wildman–Crippen LogP) is 4.75. The number of rotatable bonds is 2. The van der Waals surface area contributed by atoms with Crippen molar-refractivity contribution in [1.82, 2.24) is 0 Å². The molecular formula is C23H30O5. The lowest BCUT2D eigenvalue weighted by Crippen LogP contribution is -2.53. The molecular weight excluding hydrogens is 356 g/mol. The lowest BCUT2D eigenvalue weighted by Gasteiger charge is -2.55. The Morgan fingerprint density at radius 2 is 1.79 bits per heavy atom. The molecule has 0 spiro atoms. The molecule has 4 aliphatic rings. The molecule has 5 heteroatoms. The number of hydrogen-bond donors (Lipinski definition) is 0. The van der Waals surface area contributed by atoms with E-state index >= 15 is 0 Å². The first kappa shape index (κ1) is 19.4. The van der Waals surface area contributed by atoms with E-state index in [0.717, 1.165) is 37.7 Å². The first-order valence-corrected chi connectivity index (χ1v) is 10.5. The van der Waals surface area contributed by atoms with Gasteiger partial charge in [-0.1, -0.05) is 26.0 Å². The molecule has 0 aromatic carbocycles. The highest BCUT2D eigenvalue weighted by atomic mass is 16.7. The molecule has 4 rings (SSSR count). The highest BCUT2D eigenvalue weighted by Gasteiger charge is 2.61. The van der Waals surface area contributed by atoms with Crippen molar-refractivity contribution >= 4 is 17.7 Å². The first-order valence-electron chi connectivity index (χ1n) is 10.5. The van der Waals surface area contributed by atoms with Crippen LogP contribution in [-0.4, -0.2) is 23.8 Å². The van der Waals surface area contributed by atoms with Crippen LogP contribution >= 0.6 is 0 Å². The molecule has 4 aliphatic carbocycles. The van der Waals surface area contributed by atoms with Crippen molar-refractivity contribution in [2.45, 2.75) is 71.8 Å². The summed E-state index contributed by atoms with van der Waals surface area (Å²) in [5, 5.41) is 0. The molecule has 0 aromatic rings. The maximum absolute atomic E-state index is 13.2. The summed E-state index contributed by atoms with van der Waals surface area (Å²) in [6, 6.07) is 0.